The minimum absolute atomic E-state index is 0.171. The number of nitrogens with zero attached hydrogens (tertiary/aromatic N) is 2. The topological polar surface area (TPSA) is 56.2 Å². The molecule has 1 aromatic heterocycles. The third kappa shape index (κ3) is 4.64. The van der Waals surface area contributed by atoms with E-state index in [0.717, 1.165) is 11.4 Å². The van der Waals surface area contributed by atoms with Gasteiger partial charge in [0.25, 0.3) is 0 Å². The zero-order chi connectivity index (χ0) is 18.4. The molecule has 3 aromatic rings. The first-order chi connectivity index (χ1) is 12.7. The highest BCUT2D eigenvalue weighted by molar-refractivity contribution is 7.99. The molecule has 1 heterocycles. The van der Waals surface area contributed by atoms with Crippen LogP contribution in [0.1, 0.15) is 6.92 Å². The molecular weight excluding hydrogens is 353 g/mol. The molecule has 0 aliphatic heterocycles. The lowest BCUT2D eigenvalue weighted by molar-refractivity contribution is -0.113. The minimum atomic E-state index is -0.388. The van der Waals surface area contributed by atoms with Crippen molar-refractivity contribution in [3.63, 3.8) is 0 Å². The highest BCUT2D eigenvalue weighted by atomic mass is 32.2. The number of amides is 1. The van der Waals surface area contributed by atoms with E-state index in [2.05, 4.69) is 10.3 Å². The molecule has 26 heavy (non-hydrogen) atoms. The van der Waals surface area contributed by atoms with Crippen molar-refractivity contribution in [3.8, 4) is 11.4 Å². The average molecular weight is 371 g/mol. The first-order valence-electron chi connectivity index (χ1n) is 8.10. The number of imidazole rings is 1. The van der Waals surface area contributed by atoms with Crippen LogP contribution in [0, 0.1) is 5.82 Å². The Hall–Kier alpha value is -2.80. The fourth-order valence-corrected chi connectivity index (χ4v) is 3.13. The van der Waals surface area contributed by atoms with Crippen LogP contribution in [0.25, 0.3) is 5.69 Å². The summed E-state index contributed by atoms with van der Waals surface area (Å²) in [5.74, 6) is 0.369. The van der Waals surface area contributed by atoms with Crippen molar-refractivity contribution in [3.05, 3.63) is 66.7 Å². The Balaban J connectivity index is 1.62. The van der Waals surface area contributed by atoms with Gasteiger partial charge in [0, 0.05) is 23.8 Å². The molecule has 0 saturated carbocycles. The highest BCUT2D eigenvalue weighted by Crippen LogP contribution is 2.22. The molecule has 7 heteroatoms. The Morgan fingerprint density at radius 2 is 2.08 bits per heavy atom. The number of hydrogen-bond acceptors (Lipinski definition) is 4. The van der Waals surface area contributed by atoms with Crippen LogP contribution in [0.3, 0.4) is 0 Å². The van der Waals surface area contributed by atoms with Crippen LogP contribution in [-0.2, 0) is 4.79 Å². The summed E-state index contributed by atoms with van der Waals surface area (Å²) in [5, 5.41) is 3.37. The molecule has 2 aromatic carbocycles. The van der Waals surface area contributed by atoms with Gasteiger partial charge in [-0.2, -0.15) is 0 Å². The van der Waals surface area contributed by atoms with Gasteiger partial charge in [0.2, 0.25) is 5.91 Å². The van der Waals surface area contributed by atoms with E-state index in [9.17, 15) is 9.18 Å². The van der Waals surface area contributed by atoms with Gasteiger partial charge < -0.3 is 10.1 Å². The van der Waals surface area contributed by atoms with Crippen LogP contribution < -0.4 is 10.1 Å². The number of benzene rings is 2. The number of ether oxygens (including phenoxy) is 1. The molecule has 0 saturated heterocycles. The van der Waals surface area contributed by atoms with Crippen molar-refractivity contribution in [1.82, 2.24) is 9.55 Å². The smallest absolute Gasteiger partial charge is 0.234 e. The number of halogens is 1. The largest absolute Gasteiger partial charge is 0.494 e. The molecule has 0 aliphatic rings. The normalized spacial score (nSPS) is 10.5. The van der Waals surface area contributed by atoms with Gasteiger partial charge in [0.15, 0.2) is 5.16 Å². The van der Waals surface area contributed by atoms with Crippen LogP contribution in [0.15, 0.2) is 66.1 Å². The Kier molecular flexibility index (Phi) is 5.91. The Morgan fingerprint density at radius 1 is 1.27 bits per heavy atom. The summed E-state index contributed by atoms with van der Waals surface area (Å²) in [4.78, 5) is 16.4. The first-order valence-corrected chi connectivity index (χ1v) is 9.09. The molecule has 134 valence electrons. The third-order valence-corrected chi connectivity index (χ3v) is 4.44. The molecule has 1 N–H and O–H groups in total. The van der Waals surface area contributed by atoms with Gasteiger partial charge >= 0.3 is 0 Å². The van der Waals surface area contributed by atoms with Crippen molar-refractivity contribution in [2.24, 2.45) is 0 Å². The predicted octanol–water partition coefficient (Wildman–Crippen LogP) is 4.14. The molecule has 0 unspecified atom stereocenters. The van der Waals surface area contributed by atoms with E-state index in [4.69, 9.17) is 4.74 Å². The molecule has 0 bridgehead atoms. The van der Waals surface area contributed by atoms with Crippen molar-refractivity contribution >= 4 is 23.4 Å². The second-order valence-electron chi connectivity index (χ2n) is 5.35. The number of carbonyl (C=O) groups excluding carboxylic acids is 1. The number of hydrogen-bond donors (Lipinski definition) is 1. The van der Waals surface area contributed by atoms with Gasteiger partial charge in [-0.05, 0) is 49.4 Å². The van der Waals surface area contributed by atoms with Gasteiger partial charge in [0.05, 0.1) is 12.4 Å². The summed E-state index contributed by atoms with van der Waals surface area (Å²) in [5.41, 5.74) is 1.37. The standard InChI is InChI=1S/C19H18FN3O2S/c1-2-25-17-8-6-16(7-9-17)23-11-10-21-19(23)26-13-18(24)22-15-5-3-4-14(20)12-15/h3-12H,2,13H2,1H3,(H,22,24). The van der Waals surface area contributed by atoms with E-state index in [1.807, 2.05) is 42.0 Å². The molecule has 0 spiro atoms. The van der Waals surface area contributed by atoms with Crippen LogP contribution >= 0.6 is 11.8 Å². The molecule has 1 amide bonds. The van der Waals surface area contributed by atoms with Crippen LogP contribution in [0.4, 0.5) is 10.1 Å². The SMILES string of the molecule is CCOc1ccc(-n2ccnc2SCC(=O)Nc2cccc(F)c2)cc1. The van der Waals surface area contributed by atoms with Gasteiger partial charge in [-0.15, -0.1) is 0 Å². The van der Waals surface area contributed by atoms with Crippen molar-refractivity contribution in [2.45, 2.75) is 12.1 Å². The van der Waals surface area contributed by atoms with E-state index in [-0.39, 0.29) is 17.5 Å². The Labute approximate surface area is 155 Å². The number of rotatable bonds is 7. The van der Waals surface area contributed by atoms with Crippen molar-refractivity contribution in [1.29, 1.82) is 0 Å². The lowest BCUT2D eigenvalue weighted by Gasteiger charge is -2.09. The second-order valence-corrected chi connectivity index (χ2v) is 6.30. The molecule has 0 radical (unpaired) electrons. The molecule has 0 atom stereocenters. The third-order valence-electron chi connectivity index (χ3n) is 3.47. The molecule has 0 aliphatic carbocycles. The molecular formula is C19H18FN3O2S. The summed E-state index contributed by atoms with van der Waals surface area (Å²) >= 11 is 1.31. The monoisotopic (exact) mass is 371 g/mol. The lowest BCUT2D eigenvalue weighted by atomic mass is 10.3. The maximum atomic E-state index is 13.2. The summed E-state index contributed by atoms with van der Waals surface area (Å²) < 4.78 is 20.5. The van der Waals surface area contributed by atoms with Crippen molar-refractivity contribution in [2.75, 3.05) is 17.7 Å². The fourth-order valence-electron chi connectivity index (χ4n) is 2.36. The van der Waals surface area contributed by atoms with E-state index < -0.39 is 0 Å². The number of nitrogens with one attached hydrogen (secondary N) is 1. The fraction of sp³-hybridized carbons (Fsp3) is 0.158. The van der Waals surface area contributed by atoms with Crippen LogP contribution in [0.2, 0.25) is 0 Å². The zero-order valence-electron chi connectivity index (χ0n) is 14.2. The second kappa shape index (κ2) is 8.53. The molecule has 5 nitrogen and oxygen atoms in total. The maximum Gasteiger partial charge on any atom is 0.234 e. The number of carbonyl (C=O) groups is 1. The van der Waals surface area contributed by atoms with Gasteiger partial charge in [-0.1, -0.05) is 17.8 Å². The first kappa shape index (κ1) is 18.0. The number of anilines is 1. The van der Waals surface area contributed by atoms with Crippen molar-refractivity contribution < 1.29 is 13.9 Å². The van der Waals surface area contributed by atoms with Gasteiger partial charge in [0.1, 0.15) is 11.6 Å². The molecule has 3 rings (SSSR count). The Bertz CT molecular complexity index is 881. The summed E-state index contributed by atoms with van der Waals surface area (Å²) in [7, 11) is 0. The van der Waals surface area contributed by atoms with E-state index in [1.165, 1.54) is 23.9 Å². The summed E-state index contributed by atoms with van der Waals surface area (Å²) in [6.45, 7) is 2.55. The van der Waals surface area contributed by atoms with Crippen LogP contribution in [-0.4, -0.2) is 27.8 Å². The summed E-state index contributed by atoms with van der Waals surface area (Å²) in [6.07, 6.45) is 3.52. The minimum Gasteiger partial charge on any atom is -0.494 e. The maximum absolute atomic E-state index is 13.2. The van der Waals surface area contributed by atoms with Gasteiger partial charge in [-0.25, -0.2) is 9.37 Å². The Morgan fingerprint density at radius 3 is 2.81 bits per heavy atom. The highest BCUT2D eigenvalue weighted by Gasteiger charge is 2.10. The number of aromatic nitrogens is 2. The zero-order valence-corrected chi connectivity index (χ0v) is 15.0. The number of thioether (sulfide) groups is 1. The van der Waals surface area contributed by atoms with Crippen LogP contribution in [0.5, 0.6) is 5.75 Å². The predicted molar refractivity (Wildman–Crippen MR) is 100 cm³/mol. The lowest BCUT2D eigenvalue weighted by Crippen LogP contribution is -2.14. The quantitative estimate of drug-likeness (QED) is 0.634. The molecule has 0 fully saturated rings. The average Bonchev–Trinajstić information content (AvgIpc) is 3.09. The van der Waals surface area contributed by atoms with Gasteiger partial charge in [-0.3, -0.25) is 9.36 Å². The van der Waals surface area contributed by atoms with E-state index in [0.29, 0.717) is 17.5 Å². The summed E-state index contributed by atoms with van der Waals surface area (Å²) in [6, 6.07) is 13.5. The van der Waals surface area contributed by atoms with E-state index in [1.54, 1.807) is 18.3 Å². The van der Waals surface area contributed by atoms with E-state index >= 15 is 0 Å².